The molecule has 2 aromatic heterocycles. The van der Waals surface area contributed by atoms with Crippen molar-refractivity contribution in [2.45, 2.75) is 13.5 Å². The van der Waals surface area contributed by atoms with Gasteiger partial charge in [-0.25, -0.2) is 9.78 Å². The number of carboxylic acids is 1. The van der Waals surface area contributed by atoms with Crippen molar-refractivity contribution in [3.05, 3.63) is 64.6 Å². The van der Waals surface area contributed by atoms with E-state index in [1.165, 1.54) is 0 Å². The van der Waals surface area contributed by atoms with Crippen LogP contribution in [0.3, 0.4) is 0 Å². The lowest BCUT2D eigenvalue weighted by molar-refractivity contribution is 0.0686. The van der Waals surface area contributed by atoms with E-state index in [0.29, 0.717) is 22.1 Å². The number of aryl methyl sites for hydroxylation is 1. The third-order valence-electron chi connectivity index (χ3n) is 3.25. The predicted molar refractivity (Wildman–Crippen MR) is 82.7 cm³/mol. The first-order chi connectivity index (χ1) is 10.5. The summed E-state index contributed by atoms with van der Waals surface area (Å²) in [6.45, 7) is 2.00. The van der Waals surface area contributed by atoms with Gasteiger partial charge in [0.15, 0.2) is 5.69 Å². The first kappa shape index (κ1) is 14.4. The van der Waals surface area contributed by atoms with Gasteiger partial charge >= 0.3 is 5.97 Å². The number of ether oxygens (including phenoxy) is 1. The molecule has 0 saturated heterocycles. The summed E-state index contributed by atoms with van der Waals surface area (Å²) in [6.07, 6.45) is 1.70. The average Bonchev–Trinajstić information content (AvgIpc) is 2.84. The van der Waals surface area contributed by atoms with Crippen molar-refractivity contribution in [3.8, 4) is 5.75 Å². The second-order valence-electron chi connectivity index (χ2n) is 4.89. The summed E-state index contributed by atoms with van der Waals surface area (Å²) in [6, 6.07) is 10.5. The van der Waals surface area contributed by atoms with E-state index in [2.05, 4.69) is 4.98 Å². The highest BCUT2D eigenvalue weighted by Gasteiger charge is 2.19. The molecule has 1 aromatic carbocycles. The molecule has 3 rings (SSSR count). The van der Waals surface area contributed by atoms with E-state index in [-0.39, 0.29) is 12.3 Å². The molecule has 0 radical (unpaired) electrons. The highest BCUT2D eigenvalue weighted by Crippen LogP contribution is 2.19. The predicted octanol–water partition coefficient (Wildman–Crippen LogP) is 3.57. The molecule has 22 heavy (non-hydrogen) atoms. The Bertz CT molecular complexity index is 840. The van der Waals surface area contributed by atoms with E-state index in [1.54, 1.807) is 34.9 Å². The SMILES string of the molecule is Cc1ccn2c(C(=O)O)c(COc3ccc(Cl)cc3)nc2c1. The van der Waals surface area contributed by atoms with Crippen LogP contribution in [0, 0.1) is 6.92 Å². The van der Waals surface area contributed by atoms with Crippen molar-refractivity contribution in [1.82, 2.24) is 9.38 Å². The number of hydrogen-bond donors (Lipinski definition) is 1. The van der Waals surface area contributed by atoms with Crippen molar-refractivity contribution >= 4 is 23.2 Å². The lowest BCUT2D eigenvalue weighted by Gasteiger charge is -2.05. The van der Waals surface area contributed by atoms with E-state index >= 15 is 0 Å². The van der Waals surface area contributed by atoms with Gasteiger partial charge in [-0.15, -0.1) is 0 Å². The Morgan fingerprint density at radius 1 is 1.32 bits per heavy atom. The smallest absolute Gasteiger partial charge is 0.354 e. The molecule has 3 aromatic rings. The van der Waals surface area contributed by atoms with Crippen LogP contribution in [0.15, 0.2) is 42.6 Å². The topological polar surface area (TPSA) is 63.8 Å². The molecule has 5 nitrogen and oxygen atoms in total. The van der Waals surface area contributed by atoms with E-state index in [4.69, 9.17) is 16.3 Å². The van der Waals surface area contributed by atoms with Crippen molar-refractivity contribution in [3.63, 3.8) is 0 Å². The van der Waals surface area contributed by atoms with Crippen LogP contribution in [0.5, 0.6) is 5.75 Å². The largest absolute Gasteiger partial charge is 0.487 e. The minimum atomic E-state index is -1.04. The average molecular weight is 317 g/mol. The van der Waals surface area contributed by atoms with Gasteiger partial charge in [0, 0.05) is 11.2 Å². The quantitative estimate of drug-likeness (QED) is 0.799. The first-order valence-electron chi connectivity index (χ1n) is 6.64. The second kappa shape index (κ2) is 5.69. The molecule has 6 heteroatoms. The maximum atomic E-state index is 11.5. The zero-order valence-electron chi connectivity index (χ0n) is 11.8. The summed E-state index contributed by atoms with van der Waals surface area (Å²) in [5, 5.41) is 10.0. The number of halogens is 1. The zero-order valence-corrected chi connectivity index (χ0v) is 12.5. The highest BCUT2D eigenvalue weighted by molar-refractivity contribution is 6.30. The Morgan fingerprint density at radius 2 is 2.05 bits per heavy atom. The molecule has 0 fully saturated rings. The highest BCUT2D eigenvalue weighted by atomic mass is 35.5. The molecule has 0 spiro atoms. The van der Waals surface area contributed by atoms with Crippen LogP contribution in [0.2, 0.25) is 5.02 Å². The number of fused-ring (bicyclic) bond motifs is 1. The minimum Gasteiger partial charge on any atom is -0.487 e. The van der Waals surface area contributed by atoms with Gasteiger partial charge < -0.3 is 9.84 Å². The number of benzene rings is 1. The van der Waals surface area contributed by atoms with E-state index in [1.807, 2.05) is 19.1 Å². The summed E-state index contributed by atoms with van der Waals surface area (Å²) >= 11 is 5.81. The maximum Gasteiger partial charge on any atom is 0.354 e. The summed E-state index contributed by atoms with van der Waals surface area (Å²) in [5.74, 6) is -0.431. The first-order valence-corrected chi connectivity index (χ1v) is 7.01. The molecule has 0 bridgehead atoms. The molecule has 0 aliphatic carbocycles. The van der Waals surface area contributed by atoms with Gasteiger partial charge in [0.25, 0.3) is 0 Å². The van der Waals surface area contributed by atoms with Crippen LogP contribution in [-0.2, 0) is 6.61 Å². The van der Waals surface area contributed by atoms with E-state index < -0.39 is 5.97 Å². The molecule has 0 aliphatic heterocycles. The minimum absolute atomic E-state index is 0.0734. The van der Waals surface area contributed by atoms with Gasteiger partial charge in [-0.1, -0.05) is 11.6 Å². The Hall–Kier alpha value is -2.53. The maximum absolute atomic E-state index is 11.5. The fraction of sp³-hybridized carbons (Fsp3) is 0.125. The molecular formula is C16H13ClN2O3. The number of aromatic carboxylic acids is 1. The Balaban J connectivity index is 1.94. The van der Waals surface area contributed by atoms with Crippen LogP contribution in [0.1, 0.15) is 21.7 Å². The summed E-state index contributed by atoms with van der Waals surface area (Å²) in [5.41, 5.74) is 2.10. The molecule has 0 atom stereocenters. The molecule has 0 aliphatic rings. The Morgan fingerprint density at radius 3 is 2.73 bits per heavy atom. The van der Waals surface area contributed by atoms with E-state index in [9.17, 15) is 9.90 Å². The molecule has 112 valence electrons. The van der Waals surface area contributed by atoms with Crippen LogP contribution >= 0.6 is 11.6 Å². The number of pyridine rings is 1. The van der Waals surface area contributed by atoms with Crippen molar-refractivity contribution < 1.29 is 14.6 Å². The second-order valence-corrected chi connectivity index (χ2v) is 5.32. The summed E-state index contributed by atoms with van der Waals surface area (Å²) < 4.78 is 7.15. The van der Waals surface area contributed by atoms with Crippen molar-refractivity contribution in [2.75, 3.05) is 0 Å². The molecular weight excluding hydrogens is 304 g/mol. The number of carboxylic acid groups (broad SMARTS) is 1. The van der Waals surface area contributed by atoms with Crippen LogP contribution in [0.4, 0.5) is 0 Å². The van der Waals surface area contributed by atoms with Crippen molar-refractivity contribution in [1.29, 1.82) is 0 Å². The Labute approximate surface area is 131 Å². The van der Waals surface area contributed by atoms with Gasteiger partial charge in [-0.3, -0.25) is 4.40 Å². The fourth-order valence-electron chi connectivity index (χ4n) is 2.20. The van der Waals surface area contributed by atoms with Crippen LogP contribution < -0.4 is 4.74 Å². The van der Waals surface area contributed by atoms with Crippen molar-refractivity contribution in [2.24, 2.45) is 0 Å². The number of rotatable bonds is 4. The molecule has 0 unspecified atom stereocenters. The number of aromatic nitrogens is 2. The molecule has 2 heterocycles. The number of carbonyl (C=O) groups is 1. The molecule has 0 amide bonds. The fourth-order valence-corrected chi connectivity index (χ4v) is 2.33. The monoisotopic (exact) mass is 316 g/mol. The normalized spacial score (nSPS) is 10.8. The van der Waals surface area contributed by atoms with Crippen LogP contribution in [-0.4, -0.2) is 20.5 Å². The number of hydrogen-bond acceptors (Lipinski definition) is 3. The third-order valence-corrected chi connectivity index (χ3v) is 3.50. The molecule has 0 saturated carbocycles. The van der Waals surface area contributed by atoms with Gasteiger partial charge in [-0.2, -0.15) is 0 Å². The van der Waals surface area contributed by atoms with E-state index in [0.717, 1.165) is 5.56 Å². The zero-order chi connectivity index (χ0) is 15.7. The summed E-state index contributed by atoms with van der Waals surface area (Å²) in [4.78, 5) is 15.9. The third kappa shape index (κ3) is 2.76. The standard InChI is InChI=1S/C16H13ClN2O3/c1-10-6-7-19-14(8-10)18-13(15(19)16(20)21)9-22-12-4-2-11(17)3-5-12/h2-8H,9H2,1H3,(H,20,21). The van der Waals surface area contributed by atoms with Gasteiger partial charge in [-0.05, 0) is 48.9 Å². The number of nitrogens with zero attached hydrogens (tertiary/aromatic N) is 2. The van der Waals surface area contributed by atoms with Gasteiger partial charge in [0.1, 0.15) is 23.7 Å². The Kier molecular flexibility index (Phi) is 3.73. The molecule has 1 N–H and O–H groups in total. The lowest BCUT2D eigenvalue weighted by Crippen LogP contribution is -2.07. The van der Waals surface area contributed by atoms with Gasteiger partial charge in [0.2, 0.25) is 0 Å². The van der Waals surface area contributed by atoms with Gasteiger partial charge in [0.05, 0.1) is 0 Å². The lowest BCUT2D eigenvalue weighted by atomic mass is 10.3. The summed E-state index contributed by atoms with van der Waals surface area (Å²) in [7, 11) is 0. The number of imidazole rings is 1. The van der Waals surface area contributed by atoms with Crippen LogP contribution in [0.25, 0.3) is 5.65 Å².